The van der Waals surface area contributed by atoms with Gasteiger partial charge in [-0.3, -0.25) is 14.4 Å². The average molecular weight is 381 g/mol. The number of fused-ring (bicyclic) bond motifs is 1. The van der Waals surface area contributed by atoms with Crippen molar-refractivity contribution >= 4 is 35.8 Å². The summed E-state index contributed by atoms with van der Waals surface area (Å²) in [5, 5.41) is 5.82. The Kier molecular flexibility index (Phi) is 6.61. The maximum atomic E-state index is 12.8. The van der Waals surface area contributed by atoms with Crippen LogP contribution in [-0.4, -0.2) is 61.4 Å². The molecule has 1 atom stereocenters. The molecule has 3 rings (SSSR count). The first kappa shape index (κ1) is 20.2. The molecule has 26 heavy (non-hydrogen) atoms. The van der Waals surface area contributed by atoms with Crippen molar-refractivity contribution in [3.8, 4) is 0 Å². The maximum Gasteiger partial charge on any atom is 0.254 e. The Balaban J connectivity index is 0.00000243. The third-order valence-electron chi connectivity index (χ3n) is 4.77. The summed E-state index contributed by atoms with van der Waals surface area (Å²) in [4.78, 5) is 39.6. The summed E-state index contributed by atoms with van der Waals surface area (Å²) in [7, 11) is 0. The van der Waals surface area contributed by atoms with Crippen LogP contribution in [0.2, 0.25) is 0 Å². The minimum Gasteiger partial charge on any atom is -0.347 e. The second-order valence-electron chi connectivity index (χ2n) is 6.60. The number of rotatable bonds is 3. The van der Waals surface area contributed by atoms with Crippen LogP contribution in [0.3, 0.4) is 0 Å². The number of piperazine rings is 1. The molecule has 8 heteroatoms. The lowest BCUT2D eigenvalue weighted by Gasteiger charge is -2.34. The van der Waals surface area contributed by atoms with Crippen LogP contribution in [0.15, 0.2) is 18.2 Å². The predicted octanol–water partition coefficient (Wildman–Crippen LogP) is 0.568. The second kappa shape index (κ2) is 8.51. The Morgan fingerprint density at radius 2 is 2.04 bits per heavy atom. The number of benzene rings is 1. The number of carbonyl (C=O) groups is 3. The van der Waals surface area contributed by atoms with E-state index in [4.69, 9.17) is 0 Å². The van der Waals surface area contributed by atoms with Gasteiger partial charge in [0.2, 0.25) is 11.8 Å². The molecule has 2 aliphatic heterocycles. The number of nitrogens with one attached hydrogen (secondary N) is 2. The fourth-order valence-electron chi connectivity index (χ4n) is 3.40. The van der Waals surface area contributed by atoms with Gasteiger partial charge < -0.3 is 20.4 Å². The largest absolute Gasteiger partial charge is 0.347 e. The summed E-state index contributed by atoms with van der Waals surface area (Å²) in [5.74, 6) is -0.317. The van der Waals surface area contributed by atoms with Crippen molar-refractivity contribution in [3.63, 3.8) is 0 Å². The van der Waals surface area contributed by atoms with Gasteiger partial charge in [0, 0.05) is 50.4 Å². The molecule has 0 aromatic heterocycles. The van der Waals surface area contributed by atoms with Crippen molar-refractivity contribution in [2.45, 2.75) is 26.3 Å². The molecule has 0 saturated carbocycles. The first-order valence-corrected chi connectivity index (χ1v) is 8.67. The van der Waals surface area contributed by atoms with Gasteiger partial charge in [-0.05, 0) is 37.1 Å². The Labute approximate surface area is 159 Å². The monoisotopic (exact) mass is 380 g/mol. The molecule has 2 aliphatic rings. The van der Waals surface area contributed by atoms with Crippen molar-refractivity contribution in [2.24, 2.45) is 0 Å². The molecule has 0 bridgehead atoms. The van der Waals surface area contributed by atoms with E-state index in [1.54, 1.807) is 11.0 Å². The minimum absolute atomic E-state index is 0. The summed E-state index contributed by atoms with van der Waals surface area (Å²) in [6.45, 7) is 6.33. The zero-order chi connectivity index (χ0) is 18.0. The third-order valence-corrected chi connectivity index (χ3v) is 4.77. The summed E-state index contributed by atoms with van der Waals surface area (Å²) >= 11 is 0. The number of hydrogen-bond donors (Lipinski definition) is 2. The molecule has 1 saturated heterocycles. The zero-order valence-electron chi connectivity index (χ0n) is 15.1. The van der Waals surface area contributed by atoms with Gasteiger partial charge in [0.15, 0.2) is 0 Å². The van der Waals surface area contributed by atoms with E-state index in [0.29, 0.717) is 18.7 Å². The Morgan fingerprint density at radius 1 is 1.27 bits per heavy atom. The van der Waals surface area contributed by atoms with Crippen LogP contribution in [0.4, 0.5) is 5.69 Å². The smallest absolute Gasteiger partial charge is 0.254 e. The molecule has 7 nitrogen and oxygen atoms in total. The number of carbonyl (C=O) groups excluding carboxylic acids is 3. The van der Waals surface area contributed by atoms with Crippen LogP contribution in [-0.2, 0) is 16.0 Å². The molecule has 0 radical (unpaired) electrons. The number of amides is 3. The Morgan fingerprint density at radius 3 is 2.73 bits per heavy atom. The minimum atomic E-state index is -0.223. The van der Waals surface area contributed by atoms with Crippen LogP contribution in [0.25, 0.3) is 0 Å². The number of anilines is 1. The first-order valence-electron chi connectivity index (χ1n) is 8.67. The van der Waals surface area contributed by atoms with Crippen LogP contribution in [0, 0.1) is 0 Å². The van der Waals surface area contributed by atoms with Gasteiger partial charge in [0.05, 0.1) is 6.54 Å². The van der Waals surface area contributed by atoms with E-state index in [0.717, 1.165) is 30.8 Å². The summed E-state index contributed by atoms with van der Waals surface area (Å²) in [6, 6.07) is 5.71. The van der Waals surface area contributed by atoms with Gasteiger partial charge in [0.1, 0.15) is 0 Å². The second-order valence-corrected chi connectivity index (χ2v) is 6.60. The van der Waals surface area contributed by atoms with Gasteiger partial charge in [-0.15, -0.1) is 12.4 Å². The molecule has 2 heterocycles. The molecule has 1 aromatic rings. The fourth-order valence-corrected chi connectivity index (χ4v) is 3.40. The van der Waals surface area contributed by atoms with E-state index < -0.39 is 0 Å². The van der Waals surface area contributed by atoms with E-state index in [1.165, 1.54) is 6.92 Å². The Bertz CT molecular complexity index is 710. The molecular weight excluding hydrogens is 356 g/mol. The van der Waals surface area contributed by atoms with Crippen molar-refractivity contribution < 1.29 is 14.4 Å². The highest BCUT2D eigenvalue weighted by molar-refractivity contribution is 6.00. The van der Waals surface area contributed by atoms with Crippen LogP contribution >= 0.6 is 12.4 Å². The molecular formula is C18H25ClN4O3. The molecule has 3 amide bonds. The molecule has 0 spiro atoms. The lowest BCUT2D eigenvalue weighted by molar-refractivity contribution is -0.123. The van der Waals surface area contributed by atoms with Crippen LogP contribution in [0.5, 0.6) is 0 Å². The molecule has 0 aliphatic carbocycles. The van der Waals surface area contributed by atoms with Gasteiger partial charge in [-0.2, -0.15) is 0 Å². The molecule has 142 valence electrons. The van der Waals surface area contributed by atoms with Gasteiger partial charge in [0.25, 0.3) is 5.91 Å². The van der Waals surface area contributed by atoms with Crippen molar-refractivity contribution in [1.29, 1.82) is 0 Å². The number of hydrogen-bond acceptors (Lipinski definition) is 4. The number of halogens is 1. The number of nitrogens with zero attached hydrogens (tertiary/aromatic N) is 2. The summed E-state index contributed by atoms with van der Waals surface area (Å²) in [5.41, 5.74) is 2.51. The van der Waals surface area contributed by atoms with Gasteiger partial charge in [-0.1, -0.05) is 0 Å². The standard InChI is InChI=1S/C18H24N4O3.ClH/c1-12-10-19-6-8-21(12)18(25)15-3-4-16-14(9-15)5-7-22(16)17(24)11-20-13(2)23;/h3-4,9,12,19H,5-8,10-11H2,1-2H3,(H,20,23);1H/t12-;/m1./s1. The SMILES string of the molecule is CC(=O)NCC(=O)N1CCc2cc(C(=O)N3CCNC[C@H]3C)ccc21.Cl. The topological polar surface area (TPSA) is 81.8 Å². The molecule has 0 unspecified atom stereocenters. The highest BCUT2D eigenvalue weighted by Crippen LogP contribution is 2.29. The highest BCUT2D eigenvalue weighted by Gasteiger charge is 2.28. The summed E-state index contributed by atoms with van der Waals surface area (Å²) in [6.07, 6.45) is 0.722. The van der Waals surface area contributed by atoms with E-state index >= 15 is 0 Å². The lowest BCUT2D eigenvalue weighted by Crippen LogP contribution is -2.52. The maximum absolute atomic E-state index is 12.8. The van der Waals surface area contributed by atoms with Gasteiger partial charge in [-0.25, -0.2) is 0 Å². The Hall–Kier alpha value is -2.12. The summed E-state index contributed by atoms with van der Waals surface area (Å²) < 4.78 is 0. The molecule has 1 fully saturated rings. The van der Waals surface area contributed by atoms with E-state index in [2.05, 4.69) is 10.6 Å². The molecule has 2 N–H and O–H groups in total. The van der Waals surface area contributed by atoms with E-state index in [-0.39, 0.29) is 42.7 Å². The van der Waals surface area contributed by atoms with Crippen molar-refractivity contribution in [1.82, 2.24) is 15.5 Å². The average Bonchev–Trinajstić information content (AvgIpc) is 3.02. The van der Waals surface area contributed by atoms with Crippen LogP contribution < -0.4 is 15.5 Å². The lowest BCUT2D eigenvalue weighted by atomic mass is 10.1. The predicted molar refractivity (Wildman–Crippen MR) is 102 cm³/mol. The van der Waals surface area contributed by atoms with E-state index in [9.17, 15) is 14.4 Å². The highest BCUT2D eigenvalue weighted by atomic mass is 35.5. The van der Waals surface area contributed by atoms with Gasteiger partial charge >= 0.3 is 0 Å². The fraction of sp³-hybridized carbons (Fsp3) is 0.500. The quantitative estimate of drug-likeness (QED) is 0.803. The van der Waals surface area contributed by atoms with Crippen molar-refractivity contribution in [2.75, 3.05) is 37.6 Å². The molecule has 1 aromatic carbocycles. The first-order chi connectivity index (χ1) is 12.0. The van der Waals surface area contributed by atoms with E-state index in [1.807, 2.05) is 24.0 Å². The third kappa shape index (κ3) is 4.16. The van der Waals surface area contributed by atoms with Crippen LogP contribution in [0.1, 0.15) is 29.8 Å². The normalized spacial score (nSPS) is 18.8. The zero-order valence-corrected chi connectivity index (χ0v) is 15.9. The van der Waals surface area contributed by atoms with Crippen molar-refractivity contribution in [3.05, 3.63) is 29.3 Å².